The van der Waals surface area contributed by atoms with Gasteiger partial charge in [-0.25, -0.2) is 4.98 Å². The minimum Gasteiger partial charge on any atom is -0.369 e. The number of benzene rings is 2. The maximum atomic E-state index is 12.5. The zero-order valence-electron chi connectivity index (χ0n) is 16.3. The van der Waals surface area contributed by atoms with E-state index in [0.717, 1.165) is 37.4 Å². The normalized spacial score (nSPS) is 14.8. The van der Waals surface area contributed by atoms with Gasteiger partial charge in [0.2, 0.25) is 5.91 Å². The minimum absolute atomic E-state index is 0.0219. The summed E-state index contributed by atoms with van der Waals surface area (Å²) in [5, 5.41) is 6.19. The predicted octanol–water partition coefficient (Wildman–Crippen LogP) is 4.53. The number of carbonyl (C=O) groups excluding carboxylic acids is 1. The van der Waals surface area contributed by atoms with Crippen molar-refractivity contribution in [2.75, 3.05) is 42.9 Å². The molecule has 0 saturated carbocycles. The number of halogens is 1. The van der Waals surface area contributed by atoms with Crippen molar-refractivity contribution in [1.29, 1.82) is 0 Å². The Hall–Kier alpha value is -2.41. The molecule has 3 aromatic rings. The molecule has 5 nitrogen and oxygen atoms in total. The Kier molecular flexibility index (Phi) is 6.13. The van der Waals surface area contributed by atoms with E-state index in [4.69, 9.17) is 11.6 Å². The van der Waals surface area contributed by atoms with E-state index in [-0.39, 0.29) is 5.91 Å². The van der Waals surface area contributed by atoms with Crippen LogP contribution in [0.15, 0.2) is 53.9 Å². The summed E-state index contributed by atoms with van der Waals surface area (Å²) >= 11 is 7.37. The fourth-order valence-electron chi connectivity index (χ4n) is 3.51. The third-order valence-corrected chi connectivity index (χ3v) is 6.10. The number of thiazole rings is 1. The summed E-state index contributed by atoms with van der Waals surface area (Å²) in [6, 6.07) is 16.0. The lowest BCUT2D eigenvalue weighted by molar-refractivity contribution is -0.117. The molecule has 0 spiro atoms. The average Bonchev–Trinajstić information content (AvgIpc) is 3.18. The Labute approximate surface area is 179 Å². The van der Waals surface area contributed by atoms with E-state index in [1.54, 1.807) is 0 Å². The van der Waals surface area contributed by atoms with Gasteiger partial charge in [0.1, 0.15) is 0 Å². The number of para-hydroxylation sites is 1. The third-order valence-electron chi connectivity index (χ3n) is 5.09. The number of nitrogens with zero attached hydrogens (tertiary/aromatic N) is 3. The van der Waals surface area contributed by atoms with Crippen LogP contribution in [0, 0.1) is 6.92 Å². The van der Waals surface area contributed by atoms with Crippen LogP contribution in [0.4, 0.5) is 10.8 Å². The molecule has 2 aromatic carbocycles. The van der Waals surface area contributed by atoms with Crippen LogP contribution in [-0.4, -0.2) is 48.5 Å². The maximum Gasteiger partial charge on any atom is 0.240 e. The summed E-state index contributed by atoms with van der Waals surface area (Å²) in [5.74, 6) is -0.0219. The Morgan fingerprint density at radius 2 is 1.83 bits per heavy atom. The highest BCUT2D eigenvalue weighted by Crippen LogP contribution is 2.26. The molecule has 4 rings (SSSR count). The van der Waals surface area contributed by atoms with E-state index in [1.165, 1.54) is 22.6 Å². The molecule has 1 aromatic heterocycles. The number of piperazine rings is 1. The Bertz CT molecular complexity index is 980. The van der Waals surface area contributed by atoms with Crippen molar-refractivity contribution in [3.63, 3.8) is 0 Å². The molecule has 1 N–H and O–H groups in total. The quantitative estimate of drug-likeness (QED) is 0.651. The highest BCUT2D eigenvalue weighted by atomic mass is 35.5. The Balaban J connectivity index is 1.29. The molecule has 0 atom stereocenters. The lowest BCUT2D eigenvalue weighted by Gasteiger charge is -2.36. The third kappa shape index (κ3) is 4.96. The smallest absolute Gasteiger partial charge is 0.240 e. The lowest BCUT2D eigenvalue weighted by atomic mass is 10.1. The molecule has 1 aliphatic heterocycles. The van der Waals surface area contributed by atoms with Gasteiger partial charge in [-0.15, -0.1) is 11.3 Å². The fourth-order valence-corrected chi connectivity index (χ4v) is 4.37. The van der Waals surface area contributed by atoms with E-state index >= 15 is 0 Å². The summed E-state index contributed by atoms with van der Waals surface area (Å²) in [4.78, 5) is 21.6. The van der Waals surface area contributed by atoms with Gasteiger partial charge in [-0.05, 0) is 30.7 Å². The lowest BCUT2D eigenvalue weighted by Crippen LogP contribution is -2.48. The van der Waals surface area contributed by atoms with Gasteiger partial charge in [0, 0.05) is 47.8 Å². The Morgan fingerprint density at radius 1 is 1.10 bits per heavy atom. The second-order valence-corrected chi connectivity index (χ2v) is 8.44. The second-order valence-electron chi connectivity index (χ2n) is 7.14. The number of nitrogens with one attached hydrogen (secondary N) is 1. The number of aromatic nitrogens is 1. The summed E-state index contributed by atoms with van der Waals surface area (Å²) in [7, 11) is 0. The number of hydrogen-bond acceptors (Lipinski definition) is 5. The van der Waals surface area contributed by atoms with Crippen LogP contribution < -0.4 is 10.2 Å². The number of rotatable bonds is 5. The molecular formula is C22H23ClN4OS. The average molecular weight is 427 g/mol. The van der Waals surface area contributed by atoms with Gasteiger partial charge in [-0.2, -0.15) is 0 Å². The maximum absolute atomic E-state index is 12.5. The van der Waals surface area contributed by atoms with E-state index < -0.39 is 0 Å². The molecular weight excluding hydrogens is 404 g/mol. The summed E-state index contributed by atoms with van der Waals surface area (Å²) in [6.07, 6.45) is 0. The fraction of sp³-hybridized carbons (Fsp3) is 0.273. The number of anilines is 2. The first kappa shape index (κ1) is 19.9. The van der Waals surface area contributed by atoms with Gasteiger partial charge < -0.3 is 10.2 Å². The molecule has 1 amide bonds. The molecule has 1 aliphatic rings. The first-order chi connectivity index (χ1) is 14.1. The zero-order valence-corrected chi connectivity index (χ0v) is 17.8. The van der Waals surface area contributed by atoms with Crippen LogP contribution in [-0.2, 0) is 4.79 Å². The molecule has 0 radical (unpaired) electrons. The molecule has 2 heterocycles. The Morgan fingerprint density at radius 3 is 2.55 bits per heavy atom. The van der Waals surface area contributed by atoms with Crippen LogP contribution in [0.1, 0.15) is 5.56 Å². The largest absolute Gasteiger partial charge is 0.369 e. The van der Waals surface area contributed by atoms with Gasteiger partial charge in [0.05, 0.1) is 12.2 Å². The molecule has 0 aliphatic carbocycles. The van der Waals surface area contributed by atoms with Crippen molar-refractivity contribution in [2.24, 2.45) is 0 Å². The van der Waals surface area contributed by atoms with Gasteiger partial charge in [-0.3, -0.25) is 9.69 Å². The molecule has 7 heteroatoms. The summed E-state index contributed by atoms with van der Waals surface area (Å²) in [5.41, 5.74) is 4.40. The van der Waals surface area contributed by atoms with Crippen molar-refractivity contribution in [1.82, 2.24) is 9.88 Å². The van der Waals surface area contributed by atoms with E-state index in [1.807, 2.05) is 29.6 Å². The second kappa shape index (κ2) is 8.95. The van der Waals surface area contributed by atoms with Crippen LogP contribution in [0.2, 0.25) is 5.02 Å². The van der Waals surface area contributed by atoms with Crippen LogP contribution in [0.25, 0.3) is 11.3 Å². The van der Waals surface area contributed by atoms with E-state index in [9.17, 15) is 4.79 Å². The molecule has 1 fully saturated rings. The van der Waals surface area contributed by atoms with Crippen molar-refractivity contribution in [3.05, 3.63) is 64.5 Å². The number of carbonyl (C=O) groups is 1. The first-order valence-corrected chi connectivity index (χ1v) is 10.9. The number of hydrogen-bond donors (Lipinski definition) is 1. The highest BCUT2D eigenvalue weighted by Gasteiger charge is 2.20. The summed E-state index contributed by atoms with van der Waals surface area (Å²) in [6.45, 7) is 6.12. The molecule has 29 heavy (non-hydrogen) atoms. The van der Waals surface area contributed by atoms with Crippen LogP contribution in [0.3, 0.4) is 0 Å². The molecule has 150 valence electrons. The van der Waals surface area contributed by atoms with Crippen molar-refractivity contribution in [2.45, 2.75) is 6.92 Å². The highest BCUT2D eigenvalue weighted by molar-refractivity contribution is 7.14. The van der Waals surface area contributed by atoms with Gasteiger partial charge in [0.15, 0.2) is 5.13 Å². The van der Waals surface area contributed by atoms with Crippen LogP contribution >= 0.6 is 22.9 Å². The SMILES string of the molecule is Cc1ccccc1N1CCN(CC(=O)Nc2nc(-c3ccc(Cl)cc3)cs2)CC1. The number of aryl methyl sites for hydroxylation is 1. The first-order valence-electron chi connectivity index (χ1n) is 9.63. The molecule has 1 saturated heterocycles. The zero-order chi connectivity index (χ0) is 20.2. The van der Waals surface area contributed by atoms with Gasteiger partial charge >= 0.3 is 0 Å². The van der Waals surface area contributed by atoms with Crippen molar-refractivity contribution >= 4 is 39.7 Å². The molecule has 0 bridgehead atoms. The topological polar surface area (TPSA) is 48.5 Å². The summed E-state index contributed by atoms with van der Waals surface area (Å²) < 4.78 is 0. The number of amides is 1. The van der Waals surface area contributed by atoms with E-state index in [0.29, 0.717) is 16.7 Å². The van der Waals surface area contributed by atoms with E-state index in [2.05, 4.69) is 51.3 Å². The van der Waals surface area contributed by atoms with Crippen molar-refractivity contribution < 1.29 is 4.79 Å². The van der Waals surface area contributed by atoms with Crippen LogP contribution in [0.5, 0.6) is 0 Å². The molecule has 0 unspecified atom stereocenters. The standard InChI is InChI=1S/C22H23ClN4OS/c1-16-4-2-3-5-20(16)27-12-10-26(11-13-27)14-21(28)25-22-24-19(15-29-22)17-6-8-18(23)9-7-17/h2-9,15H,10-14H2,1H3,(H,24,25,28). The van der Waals surface area contributed by atoms with Crippen molar-refractivity contribution in [3.8, 4) is 11.3 Å². The minimum atomic E-state index is -0.0219. The monoisotopic (exact) mass is 426 g/mol. The van der Waals surface area contributed by atoms with Gasteiger partial charge in [0.25, 0.3) is 0 Å². The predicted molar refractivity (Wildman–Crippen MR) is 121 cm³/mol. The van der Waals surface area contributed by atoms with Gasteiger partial charge in [-0.1, -0.05) is 41.9 Å².